The molecule has 7 heteroatoms. The molecule has 1 aromatic heterocycles. The van der Waals surface area contributed by atoms with Crippen molar-refractivity contribution in [3.05, 3.63) is 81.1 Å². The van der Waals surface area contributed by atoms with Crippen LogP contribution in [0.3, 0.4) is 0 Å². The summed E-state index contributed by atoms with van der Waals surface area (Å²) in [6.45, 7) is 8.18. The van der Waals surface area contributed by atoms with Gasteiger partial charge in [0.15, 0.2) is 0 Å². The first-order valence-corrected chi connectivity index (χ1v) is 10.2. The van der Waals surface area contributed by atoms with Gasteiger partial charge in [0.1, 0.15) is 0 Å². The quantitative estimate of drug-likeness (QED) is 0.335. The van der Waals surface area contributed by atoms with Crippen molar-refractivity contribution in [2.75, 3.05) is 5.32 Å². The van der Waals surface area contributed by atoms with E-state index < -0.39 is 11.8 Å². The monoisotopic (exact) mass is 466 g/mol. The minimum atomic E-state index is -0.839. The summed E-state index contributed by atoms with van der Waals surface area (Å²) in [6.07, 6.45) is 1.55. The number of carbonyl (C=O) groups excluding carboxylic acids is 2. The SMILES string of the molecule is Cc1ccc(-n2c(C)cc(/C=N\NC(=O)C(=O)Nc3cccc(Br)c3)c2C)cc1C. The molecule has 1 heterocycles. The number of hydrazone groups is 1. The van der Waals surface area contributed by atoms with Crippen LogP contribution in [-0.2, 0) is 9.59 Å². The zero-order valence-electron chi connectivity index (χ0n) is 17.3. The number of hydrogen-bond acceptors (Lipinski definition) is 3. The Labute approximate surface area is 184 Å². The van der Waals surface area contributed by atoms with E-state index in [0.717, 1.165) is 27.1 Å². The number of aromatic nitrogens is 1. The molecule has 2 N–H and O–H groups in total. The number of carbonyl (C=O) groups is 2. The topological polar surface area (TPSA) is 75.5 Å². The van der Waals surface area contributed by atoms with E-state index >= 15 is 0 Å². The molecule has 6 nitrogen and oxygen atoms in total. The lowest BCUT2D eigenvalue weighted by Crippen LogP contribution is -2.32. The molecule has 3 aromatic rings. The van der Waals surface area contributed by atoms with E-state index in [0.29, 0.717) is 5.69 Å². The van der Waals surface area contributed by atoms with Crippen LogP contribution < -0.4 is 10.7 Å². The van der Waals surface area contributed by atoms with Gasteiger partial charge in [0, 0.05) is 32.8 Å². The second-order valence-electron chi connectivity index (χ2n) is 7.09. The third-order valence-corrected chi connectivity index (χ3v) is 5.37. The third kappa shape index (κ3) is 4.86. The Kier molecular flexibility index (Phi) is 6.52. The molecule has 0 unspecified atom stereocenters. The van der Waals surface area contributed by atoms with Gasteiger partial charge >= 0.3 is 11.8 Å². The lowest BCUT2D eigenvalue weighted by Gasteiger charge is -2.11. The van der Waals surface area contributed by atoms with Crippen LogP contribution in [0.4, 0.5) is 5.69 Å². The van der Waals surface area contributed by atoms with Crippen molar-refractivity contribution in [2.45, 2.75) is 27.7 Å². The maximum Gasteiger partial charge on any atom is 0.329 e. The van der Waals surface area contributed by atoms with E-state index in [1.54, 1.807) is 24.4 Å². The van der Waals surface area contributed by atoms with Crippen LogP contribution in [0, 0.1) is 27.7 Å². The van der Waals surface area contributed by atoms with Crippen LogP contribution in [0.2, 0.25) is 0 Å². The van der Waals surface area contributed by atoms with Gasteiger partial charge in [0.2, 0.25) is 0 Å². The van der Waals surface area contributed by atoms with Crippen molar-refractivity contribution >= 4 is 39.6 Å². The van der Waals surface area contributed by atoms with Gasteiger partial charge in [-0.3, -0.25) is 9.59 Å². The third-order valence-electron chi connectivity index (χ3n) is 4.88. The minimum absolute atomic E-state index is 0.519. The van der Waals surface area contributed by atoms with Crippen molar-refractivity contribution in [2.24, 2.45) is 5.10 Å². The van der Waals surface area contributed by atoms with Gasteiger partial charge in [-0.05, 0) is 75.2 Å². The highest BCUT2D eigenvalue weighted by atomic mass is 79.9. The second kappa shape index (κ2) is 9.09. The molecular weight excluding hydrogens is 444 g/mol. The van der Waals surface area contributed by atoms with Gasteiger partial charge in [0.05, 0.1) is 6.21 Å². The first-order chi connectivity index (χ1) is 14.3. The molecule has 0 aliphatic carbocycles. The molecule has 0 fully saturated rings. The first kappa shape index (κ1) is 21.5. The largest absolute Gasteiger partial charge is 0.329 e. The number of anilines is 1. The van der Waals surface area contributed by atoms with Crippen molar-refractivity contribution in [1.29, 1.82) is 0 Å². The van der Waals surface area contributed by atoms with E-state index in [9.17, 15) is 9.59 Å². The van der Waals surface area contributed by atoms with Crippen LogP contribution in [0.1, 0.15) is 28.1 Å². The van der Waals surface area contributed by atoms with E-state index in [1.807, 2.05) is 26.0 Å². The fraction of sp³-hybridized carbons (Fsp3) is 0.174. The Morgan fingerprint density at radius 1 is 0.967 bits per heavy atom. The lowest BCUT2D eigenvalue weighted by atomic mass is 10.1. The second-order valence-corrected chi connectivity index (χ2v) is 8.01. The zero-order valence-corrected chi connectivity index (χ0v) is 18.9. The van der Waals surface area contributed by atoms with Crippen LogP contribution in [-0.4, -0.2) is 22.6 Å². The van der Waals surface area contributed by atoms with E-state index in [4.69, 9.17) is 0 Å². The summed E-state index contributed by atoms with van der Waals surface area (Å²) in [6, 6.07) is 15.3. The number of nitrogens with one attached hydrogen (secondary N) is 2. The van der Waals surface area contributed by atoms with Crippen LogP contribution in [0.25, 0.3) is 5.69 Å². The first-order valence-electron chi connectivity index (χ1n) is 9.43. The highest BCUT2D eigenvalue weighted by Crippen LogP contribution is 2.22. The maximum atomic E-state index is 12.0. The number of aryl methyl sites for hydroxylation is 3. The van der Waals surface area contributed by atoms with Crippen molar-refractivity contribution in [1.82, 2.24) is 9.99 Å². The molecular formula is C23H23BrN4O2. The summed E-state index contributed by atoms with van der Waals surface area (Å²) in [5.74, 6) is -1.62. The van der Waals surface area contributed by atoms with Crippen LogP contribution in [0.5, 0.6) is 0 Å². The molecule has 3 rings (SSSR count). The molecule has 0 bridgehead atoms. The van der Waals surface area contributed by atoms with E-state index in [2.05, 4.69) is 68.4 Å². The van der Waals surface area contributed by atoms with Crippen molar-refractivity contribution in [3.8, 4) is 5.69 Å². The van der Waals surface area contributed by atoms with Gasteiger partial charge in [-0.2, -0.15) is 5.10 Å². The molecule has 2 amide bonds. The molecule has 0 aliphatic heterocycles. The normalized spacial score (nSPS) is 11.0. The fourth-order valence-electron chi connectivity index (χ4n) is 3.15. The number of nitrogens with zero attached hydrogens (tertiary/aromatic N) is 2. The average molecular weight is 467 g/mol. The van der Waals surface area contributed by atoms with Gasteiger partial charge in [-0.25, -0.2) is 5.43 Å². The average Bonchev–Trinajstić information content (AvgIpc) is 2.97. The summed E-state index contributed by atoms with van der Waals surface area (Å²) in [5.41, 5.74) is 9.24. The summed E-state index contributed by atoms with van der Waals surface area (Å²) >= 11 is 3.32. The minimum Gasteiger partial charge on any atom is -0.318 e. The summed E-state index contributed by atoms with van der Waals surface area (Å²) in [7, 11) is 0. The Hall–Kier alpha value is -3.19. The molecule has 0 spiro atoms. The van der Waals surface area contributed by atoms with E-state index in [-0.39, 0.29) is 0 Å². The summed E-state index contributed by atoms with van der Waals surface area (Å²) in [5, 5.41) is 6.48. The van der Waals surface area contributed by atoms with E-state index in [1.165, 1.54) is 11.1 Å². The number of amides is 2. The molecule has 0 saturated carbocycles. The molecule has 0 radical (unpaired) electrons. The zero-order chi connectivity index (χ0) is 21.8. The summed E-state index contributed by atoms with van der Waals surface area (Å²) in [4.78, 5) is 24.0. The predicted octanol–water partition coefficient (Wildman–Crippen LogP) is 4.56. The van der Waals surface area contributed by atoms with Gasteiger partial charge in [0.25, 0.3) is 0 Å². The smallest absolute Gasteiger partial charge is 0.318 e. The van der Waals surface area contributed by atoms with Gasteiger partial charge < -0.3 is 9.88 Å². The fourth-order valence-corrected chi connectivity index (χ4v) is 3.54. The Balaban J connectivity index is 1.69. The van der Waals surface area contributed by atoms with Gasteiger partial charge in [-0.15, -0.1) is 0 Å². The Morgan fingerprint density at radius 3 is 2.43 bits per heavy atom. The number of hydrogen-bond donors (Lipinski definition) is 2. The Morgan fingerprint density at radius 2 is 1.73 bits per heavy atom. The molecule has 30 heavy (non-hydrogen) atoms. The highest BCUT2D eigenvalue weighted by molar-refractivity contribution is 9.10. The highest BCUT2D eigenvalue weighted by Gasteiger charge is 2.14. The predicted molar refractivity (Wildman–Crippen MR) is 123 cm³/mol. The number of halogens is 1. The van der Waals surface area contributed by atoms with Gasteiger partial charge in [-0.1, -0.05) is 28.1 Å². The standard InChI is InChI=1S/C23H23BrN4O2/c1-14-8-9-21(10-15(14)2)28-16(3)11-18(17(28)4)13-25-27-23(30)22(29)26-20-7-5-6-19(24)12-20/h5-13H,1-4H3,(H,26,29)(H,27,30)/b25-13-. The van der Waals surface area contributed by atoms with Crippen molar-refractivity contribution < 1.29 is 9.59 Å². The Bertz CT molecular complexity index is 1150. The molecule has 0 aliphatic rings. The van der Waals surface area contributed by atoms with Crippen molar-refractivity contribution in [3.63, 3.8) is 0 Å². The molecule has 2 aromatic carbocycles. The van der Waals surface area contributed by atoms with Crippen LogP contribution in [0.15, 0.2) is 58.1 Å². The maximum absolute atomic E-state index is 12.0. The van der Waals surface area contributed by atoms with Crippen LogP contribution >= 0.6 is 15.9 Å². The molecule has 154 valence electrons. The summed E-state index contributed by atoms with van der Waals surface area (Å²) < 4.78 is 2.94. The lowest BCUT2D eigenvalue weighted by molar-refractivity contribution is -0.136. The number of benzene rings is 2. The molecule has 0 atom stereocenters. The molecule has 0 saturated heterocycles. The number of rotatable bonds is 4.